The smallest absolute Gasteiger partial charge is 0.404 e. The number of hydrogen-bond acceptors (Lipinski definition) is 5. The van der Waals surface area contributed by atoms with E-state index in [1.165, 1.54) is 12.1 Å². The van der Waals surface area contributed by atoms with Crippen molar-refractivity contribution in [3.8, 4) is 16.9 Å². The third-order valence-electron chi connectivity index (χ3n) is 6.41. The average molecular weight is 500 g/mol. The number of pyridine rings is 1. The first-order valence-corrected chi connectivity index (χ1v) is 11.9. The number of carboxylic acid groups (broad SMARTS) is 1. The highest BCUT2D eigenvalue weighted by atomic mass is 35.5. The van der Waals surface area contributed by atoms with Gasteiger partial charge in [-0.15, -0.1) is 0 Å². The lowest BCUT2D eigenvalue weighted by Crippen LogP contribution is -2.39. The van der Waals surface area contributed by atoms with Crippen LogP contribution in [0.2, 0.25) is 5.02 Å². The summed E-state index contributed by atoms with van der Waals surface area (Å²) in [6.45, 7) is 3.66. The Morgan fingerprint density at radius 2 is 1.77 bits per heavy atom. The molecule has 1 fully saturated rings. The van der Waals surface area contributed by atoms with Crippen molar-refractivity contribution in [2.45, 2.75) is 51.6 Å². The van der Waals surface area contributed by atoms with Crippen molar-refractivity contribution in [2.75, 3.05) is 5.32 Å². The molecule has 1 amide bonds. The van der Waals surface area contributed by atoms with Gasteiger partial charge in [0.1, 0.15) is 0 Å². The molecule has 0 saturated heterocycles. The van der Waals surface area contributed by atoms with Gasteiger partial charge < -0.3 is 20.8 Å². The van der Waals surface area contributed by atoms with Gasteiger partial charge in [0.25, 0.3) is 0 Å². The Hall–Kier alpha value is -3.39. The number of ketones is 1. The summed E-state index contributed by atoms with van der Waals surface area (Å²) in [4.78, 5) is 28.5. The van der Waals surface area contributed by atoms with Gasteiger partial charge in [-0.2, -0.15) is 0 Å². The number of halogens is 2. The number of aromatic nitrogens is 1. The predicted molar refractivity (Wildman–Crippen MR) is 134 cm³/mol. The highest BCUT2D eigenvalue weighted by Crippen LogP contribution is 2.36. The largest absolute Gasteiger partial charge is 0.504 e. The summed E-state index contributed by atoms with van der Waals surface area (Å²) < 4.78 is 14.2. The molecule has 0 bridgehead atoms. The Morgan fingerprint density at radius 1 is 1.09 bits per heavy atom. The number of phenols is 1. The lowest BCUT2D eigenvalue weighted by Gasteiger charge is -2.30. The Morgan fingerprint density at radius 3 is 2.40 bits per heavy atom. The molecule has 4 rings (SSSR count). The van der Waals surface area contributed by atoms with Crippen LogP contribution in [0.4, 0.5) is 14.9 Å². The first-order valence-electron chi connectivity index (χ1n) is 11.6. The SMILES string of the molecule is CC(C)C(=O)c1cnc2ccc(-c3cc(F)c(O)c(Cl)c3)cc2c1NC1CCC(NC(=O)O)CC1. The van der Waals surface area contributed by atoms with E-state index in [2.05, 4.69) is 15.6 Å². The molecule has 0 radical (unpaired) electrons. The van der Waals surface area contributed by atoms with Crippen molar-refractivity contribution >= 4 is 40.1 Å². The minimum atomic E-state index is -1.02. The molecule has 2 aromatic carbocycles. The summed E-state index contributed by atoms with van der Waals surface area (Å²) in [7, 11) is 0. The van der Waals surface area contributed by atoms with E-state index in [9.17, 15) is 19.1 Å². The highest BCUT2D eigenvalue weighted by Gasteiger charge is 2.25. The van der Waals surface area contributed by atoms with Crippen LogP contribution >= 0.6 is 11.6 Å². The summed E-state index contributed by atoms with van der Waals surface area (Å²) >= 11 is 5.99. The number of carbonyl (C=O) groups excluding carboxylic acids is 1. The Balaban J connectivity index is 1.75. The van der Waals surface area contributed by atoms with Crippen LogP contribution in [0.15, 0.2) is 36.5 Å². The van der Waals surface area contributed by atoms with E-state index in [0.29, 0.717) is 46.1 Å². The Bertz CT molecular complexity index is 1270. The number of aromatic hydroxyl groups is 1. The van der Waals surface area contributed by atoms with Gasteiger partial charge in [-0.05, 0) is 61.1 Å². The van der Waals surface area contributed by atoms with Crippen LogP contribution in [0.3, 0.4) is 0 Å². The van der Waals surface area contributed by atoms with Crippen molar-refractivity contribution in [1.82, 2.24) is 10.3 Å². The number of rotatable bonds is 6. The van der Waals surface area contributed by atoms with Crippen LogP contribution in [0, 0.1) is 11.7 Å². The fourth-order valence-electron chi connectivity index (χ4n) is 4.52. The van der Waals surface area contributed by atoms with E-state index < -0.39 is 17.7 Å². The number of hydrogen-bond donors (Lipinski definition) is 4. The summed E-state index contributed by atoms with van der Waals surface area (Å²) in [5, 5.41) is 25.4. The van der Waals surface area contributed by atoms with Gasteiger partial charge in [-0.3, -0.25) is 9.78 Å². The first-order chi connectivity index (χ1) is 16.6. The van der Waals surface area contributed by atoms with E-state index in [-0.39, 0.29) is 28.8 Å². The van der Waals surface area contributed by atoms with Crippen molar-refractivity contribution in [2.24, 2.45) is 5.92 Å². The third kappa shape index (κ3) is 5.32. The molecule has 1 aromatic heterocycles. The van der Waals surface area contributed by atoms with E-state index in [1.54, 1.807) is 18.3 Å². The van der Waals surface area contributed by atoms with Gasteiger partial charge in [0, 0.05) is 29.6 Å². The fraction of sp³-hybridized carbons (Fsp3) is 0.346. The molecule has 1 aliphatic rings. The molecule has 7 nitrogen and oxygen atoms in total. The number of amides is 1. The number of nitrogens with one attached hydrogen (secondary N) is 2. The van der Waals surface area contributed by atoms with Crippen LogP contribution in [-0.4, -0.2) is 39.2 Å². The van der Waals surface area contributed by atoms with Gasteiger partial charge in [0.2, 0.25) is 0 Å². The Kier molecular flexibility index (Phi) is 7.12. The van der Waals surface area contributed by atoms with Gasteiger partial charge in [-0.25, -0.2) is 9.18 Å². The van der Waals surface area contributed by atoms with Crippen LogP contribution in [0.25, 0.3) is 22.0 Å². The number of benzene rings is 2. The average Bonchev–Trinajstić information content (AvgIpc) is 2.82. The lowest BCUT2D eigenvalue weighted by atomic mass is 9.90. The van der Waals surface area contributed by atoms with Gasteiger partial charge in [0.15, 0.2) is 17.3 Å². The van der Waals surface area contributed by atoms with Gasteiger partial charge >= 0.3 is 6.09 Å². The molecular formula is C26H27ClFN3O4. The van der Waals surface area contributed by atoms with Crippen molar-refractivity contribution < 1.29 is 24.2 Å². The highest BCUT2D eigenvalue weighted by molar-refractivity contribution is 6.32. The first kappa shape index (κ1) is 24.7. The zero-order valence-electron chi connectivity index (χ0n) is 19.4. The number of carbonyl (C=O) groups is 2. The number of phenolic OH excluding ortho intramolecular Hbond substituents is 1. The fourth-order valence-corrected chi connectivity index (χ4v) is 4.73. The second-order valence-electron chi connectivity index (χ2n) is 9.23. The van der Waals surface area contributed by atoms with E-state index >= 15 is 0 Å². The van der Waals surface area contributed by atoms with Crippen molar-refractivity contribution in [1.29, 1.82) is 0 Å². The maximum atomic E-state index is 14.2. The maximum Gasteiger partial charge on any atom is 0.404 e. The molecule has 0 aliphatic heterocycles. The molecule has 35 heavy (non-hydrogen) atoms. The molecule has 1 aliphatic carbocycles. The predicted octanol–water partition coefficient (Wildman–Crippen LogP) is 6.23. The lowest BCUT2D eigenvalue weighted by molar-refractivity contribution is 0.0939. The number of nitrogens with zero attached hydrogens (tertiary/aromatic N) is 1. The zero-order chi connectivity index (χ0) is 25.3. The molecule has 184 valence electrons. The minimum Gasteiger partial charge on any atom is -0.504 e. The van der Waals surface area contributed by atoms with Gasteiger partial charge in [0.05, 0.1) is 21.8 Å². The molecule has 0 spiro atoms. The monoisotopic (exact) mass is 499 g/mol. The quantitative estimate of drug-likeness (QED) is 0.299. The second kappa shape index (κ2) is 10.1. The Labute approximate surface area is 207 Å². The normalized spacial score (nSPS) is 18.0. The van der Waals surface area contributed by atoms with Crippen LogP contribution in [0.1, 0.15) is 49.9 Å². The standard InChI is InChI=1S/C26H27ClFN3O4/c1-13(2)24(32)19-12-29-22-8-3-14(15-10-20(27)25(33)21(28)11-15)9-18(22)23(19)30-16-4-6-17(7-5-16)31-26(34)35/h3,8-13,16-17,31,33H,4-7H2,1-2H3,(H,29,30)(H,34,35). The van der Waals surface area contributed by atoms with E-state index in [1.807, 2.05) is 19.9 Å². The van der Waals surface area contributed by atoms with Gasteiger partial charge in [-0.1, -0.05) is 31.5 Å². The molecule has 9 heteroatoms. The van der Waals surface area contributed by atoms with Crippen LogP contribution in [0.5, 0.6) is 5.75 Å². The maximum absolute atomic E-state index is 14.2. The summed E-state index contributed by atoms with van der Waals surface area (Å²) in [6.07, 6.45) is 3.42. The van der Waals surface area contributed by atoms with E-state index in [4.69, 9.17) is 16.7 Å². The molecular weight excluding hydrogens is 473 g/mol. The number of anilines is 1. The van der Waals surface area contributed by atoms with Crippen LogP contribution in [-0.2, 0) is 0 Å². The molecule has 0 atom stereocenters. The molecule has 3 aromatic rings. The molecule has 0 unspecified atom stereocenters. The second-order valence-corrected chi connectivity index (χ2v) is 9.64. The number of Topliss-reactive ketones (excluding diaryl/α,β-unsaturated/α-hetero) is 1. The minimum absolute atomic E-state index is 0.0488. The third-order valence-corrected chi connectivity index (χ3v) is 6.70. The zero-order valence-corrected chi connectivity index (χ0v) is 20.2. The molecule has 4 N–H and O–H groups in total. The summed E-state index contributed by atoms with van der Waals surface area (Å²) in [6, 6.07) is 8.08. The van der Waals surface area contributed by atoms with E-state index in [0.717, 1.165) is 12.8 Å². The molecule has 1 heterocycles. The van der Waals surface area contributed by atoms with Crippen molar-refractivity contribution in [3.63, 3.8) is 0 Å². The molecule has 1 saturated carbocycles. The topological polar surface area (TPSA) is 112 Å². The number of fused-ring (bicyclic) bond motifs is 1. The van der Waals surface area contributed by atoms with Crippen molar-refractivity contribution in [3.05, 3.63) is 52.9 Å². The summed E-state index contributed by atoms with van der Waals surface area (Å²) in [5.74, 6) is -1.71. The summed E-state index contributed by atoms with van der Waals surface area (Å²) in [5.41, 5.74) is 2.95. The van der Waals surface area contributed by atoms with Crippen LogP contribution < -0.4 is 10.6 Å².